The average Bonchev–Trinajstić information content (AvgIpc) is 2.60. The lowest BCUT2D eigenvalue weighted by Gasteiger charge is -2.18. The van der Waals surface area contributed by atoms with Crippen molar-refractivity contribution in [3.8, 4) is 0 Å². The van der Waals surface area contributed by atoms with Crippen LogP contribution in [0.3, 0.4) is 0 Å². The van der Waals surface area contributed by atoms with E-state index in [0.29, 0.717) is 0 Å². The van der Waals surface area contributed by atoms with E-state index in [1.165, 1.54) is 0 Å². The van der Waals surface area contributed by atoms with E-state index in [4.69, 9.17) is 16.7 Å². The molecule has 0 unspecified atom stereocenters. The van der Waals surface area contributed by atoms with E-state index in [0.717, 1.165) is 17.0 Å². The molecular formula is C11H7ClFNO4. The summed E-state index contributed by atoms with van der Waals surface area (Å²) >= 11 is 5.69. The quantitative estimate of drug-likeness (QED) is 0.827. The number of rotatable bonds is 2. The maximum absolute atomic E-state index is 13.7. The van der Waals surface area contributed by atoms with Crippen LogP contribution in [0.15, 0.2) is 12.1 Å². The van der Waals surface area contributed by atoms with Gasteiger partial charge < -0.3 is 10.0 Å². The van der Waals surface area contributed by atoms with Crippen molar-refractivity contribution in [1.29, 1.82) is 0 Å². The van der Waals surface area contributed by atoms with Gasteiger partial charge in [-0.3, -0.25) is 9.59 Å². The van der Waals surface area contributed by atoms with Crippen LogP contribution in [-0.2, 0) is 9.59 Å². The Bertz CT molecular complexity index is 572. The van der Waals surface area contributed by atoms with Gasteiger partial charge in [0, 0.05) is 0 Å². The molecule has 1 fully saturated rings. The first-order valence-corrected chi connectivity index (χ1v) is 5.33. The van der Waals surface area contributed by atoms with Gasteiger partial charge >= 0.3 is 5.97 Å². The van der Waals surface area contributed by atoms with E-state index >= 15 is 0 Å². The molecule has 1 N–H and O–H groups in total. The molecule has 0 atom stereocenters. The predicted molar refractivity (Wildman–Crippen MR) is 60.3 cm³/mol. The summed E-state index contributed by atoms with van der Waals surface area (Å²) < 4.78 is 13.7. The number of amides is 1. The third-order valence-corrected chi connectivity index (χ3v) is 2.86. The smallest absolute Gasteiger partial charge is 0.339 e. The molecule has 94 valence electrons. The van der Waals surface area contributed by atoms with Gasteiger partial charge in [0.1, 0.15) is 11.4 Å². The summed E-state index contributed by atoms with van der Waals surface area (Å²) in [4.78, 5) is 34.6. The number of carboxylic acid groups (broad SMARTS) is 1. The minimum absolute atomic E-state index is 0.189. The van der Waals surface area contributed by atoms with Crippen molar-refractivity contribution < 1.29 is 23.9 Å². The fraction of sp³-hybridized carbons (Fsp3) is 0.182. The summed E-state index contributed by atoms with van der Waals surface area (Å²) in [5.74, 6) is -3.39. The van der Waals surface area contributed by atoms with E-state index in [-0.39, 0.29) is 18.0 Å². The van der Waals surface area contributed by atoms with E-state index in [1.54, 1.807) is 0 Å². The van der Waals surface area contributed by atoms with Crippen molar-refractivity contribution in [2.24, 2.45) is 0 Å². The lowest BCUT2D eigenvalue weighted by atomic mass is 10.1. The summed E-state index contributed by atoms with van der Waals surface area (Å²) in [6.07, 6.45) is -0.356. The molecule has 0 saturated carbocycles. The molecule has 5 nitrogen and oxygen atoms in total. The minimum Gasteiger partial charge on any atom is -0.478 e. The highest BCUT2D eigenvalue weighted by atomic mass is 35.5. The number of hydrogen-bond donors (Lipinski definition) is 1. The zero-order chi connectivity index (χ0) is 13.4. The van der Waals surface area contributed by atoms with Gasteiger partial charge in [-0.2, -0.15) is 0 Å². The maximum atomic E-state index is 13.7. The third-order valence-electron chi connectivity index (χ3n) is 2.55. The highest BCUT2D eigenvalue weighted by Crippen LogP contribution is 2.32. The highest BCUT2D eigenvalue weighted by molar-refractivity contribution is 6.34. The van der Waals surface area contributed by atoms with Gasteiger partial charge in [-0.15, -0.1) is 0 Å². The number of aromatic carboxylic acids is 1. The molecule has 18 heavy (non-hydrogen) atoms. The third kappa shape index (κ3) is 1.95. The lowest BCUT2D eigenvalue weighted by molar-refractivity contribution is -0.121. The van der Waals surface area contributed by atoms with Gasteiger partial charge in [-0.05, 0) is 12.1 Å². The van der Waals surface area contributed by atoms with Crippen LogP contribution in [0, 0.1) is 5.82 Å². The molecule has 1 aliphatic rings. The molecule has 2 rings (SSSR count). The summed E-state index contributed by atoms with van der Waals surface area (Å²) in [6.45, 7) is -0.337. The Morgan fingerprint density at radius 1 is 1.39 bits per heavy atom. The topological polar surface area (TPSA) is 74.7 Å². The lowest BCUT2D eigenvalue weighted by Crippen LogP contribution is -2.28. The predicted octanol–water partition coefficient (Wildman–Crippen LogP) is 1.48. The summed E-state index contributed by atoms with van der Waals surface area (Å²) in [7, 11) is 0. The number of carbonyl (C=O) groups is 3. The first-order chi connectivity index (χ1) is 8.41. The molecule has 1 aromatic carbocycles. The van der Waals surface area contributed by atoms with Gasteiger partial charge in [-0.25, -0.2) is 9.18 Å². The van der Waals surface area contributed by atoms with Crippen LogP contribution < -0.4 is 4.90 Å². The second-order valence-electron chi connectivity index (χ2n) is 3.75. The highest BCUT2D eigenvalue weighted by Gasteiger charge is 2.34. The minimum atomic E-state index is -1.46. The van der Waals surface area contributed by atoms with E-state index in [9.17, 15) is 18.8 Å². The Morgan fingerprint density at radius 3 is 2.56 bits per heavy atom. The number of carbonyl (C=O) groups excluding carboxylic acids is 2. The van der Waals surface area contributed by atoms with Crippen LogP contribution in [0.25, 0.3) is 0 Å². The van der Waals surface area contributed by atoms with E-state index < -0.39 is 34.7 Å². The summed E-state index contributed by atoms with van der Waals surface area (Å²) in [5, 5.41) is 8.82. The Labute approximate surface area is 106 Å². The molecule has 1 saturated heterocycles. The van der Waals surface area contributed by atoms with Crippen molar-refractivity contribution >= 4 is 34.9 Å². The van der Waals surface area contributed by atoms with Crippen LogP contribution in [0.1, 0.15) is 16.8 Å². The fourth-order valence-electron chi connectivity index (χ4n) is 1.80. The first-order valence-electron chi connectivity index (χ1n) is 4.95. The zero-order valence-corrected chi connectivity index (χ0v) is 9.70. The monoisotopic (exact) mass is 271 g/mol. The van der Waals surface area contributed by atoms with Crippen molar-refractivity contribution in [3.63, 3.8) is 0 Å². The molecule has 1 aromatic rings. The summed E-state index contributed by atoms with van der Waals surface area (Å²) in [6, 6.07) is 2.05. The number of benzene rings is 1. The van der Waals surface area contributed by atoms with Gasteiger partial charge in [0.25, 0.3) is 0 Å². The Morgan fingerprint density at radius 2 is 2.06 bits per heavy atom. The first kappa shape index (κ1) is 12.5. The van der Waals surface area contributed by atoms with Crippen molar-refractivity contribution in [2.75, 3.05) is 11.4 Å². The molecular weight excluding hydrogens is 265 g/mol. The van der Waals surface area contributed by atoms with Crippen molar-refractivity contribution in [1.82, 2.24) is 0 Å². The molecule has 0 aromatic heterocycles. The van der Waals surface area contributed by atoms with Crippen molar-refractivity contribution in [2.45, 2.75) is 6.42 Å². The molecule has 0 aliphatic carbocycles. The number of hydrogen-bond acceptors (Lipinski definition) is 3. The van der Waals surface area contributed by atoms with Gasteiger partial charge in [-0.1, -0.05) is 11.6 Å². The standard InChI is InChI=1S/C11H7ClFNO4/c12-6-1-2-7(13)10(9(6)11(17)18)14-4-5(15)3-8(14)16/h1-2H,3-4H2,(H,17,18). The number of nitrogens with zero attached hydrogens (tertiary/aromatic N) is 1. The molecule has 1 aliphatic heterocycles. The SMILES string of the molecule is O=C1CC(=O)N(c2c(F)ccc(Cl)c2C(=O)O)C1. The summed E-state index contributed by atoms with van der Waals surface area (Å²) in [5.41, 5.74) is -0.967. The van der Waals surface area contributed by atoms with Gasteiger partial charge in [0.15, 0.2) is 5.78 Å². The molecule has 7 heteroatoms. The van der Waals surface area contributed by atoms with Crippen LogP contribution in [0.2, 0.25) is 5.02 Å². The normalized spacial score (nSPS) is 15.3. The largest absolute Gasteiger partial charge is 0.478 e. The number of anilines is 1. The van der Waals surface area contributed by atoms with Crippen LogP contribution in [0.4, 0.5) is 10.1 Å². The fourth-order valence-corrected chi connectivity index (χ4v) is 2.03. The second kappa shape index (κ2) is 4.38. The average molecular weight is 272 g/mol. The Balaban J connectivity index is 2.63. The van der Waals surface area contributed by atoms with Gasteiger partial charge in [0.2, 0.25) is 5.91 Å². The molecule has 0 spiro atoms. The molecule has 1 heterocycles. The Kier molecular flexibility index (Phi) is 3.04. The zero-order valence-electron chi connectivity index (χ0n) is 8.94. The van der Waals surface area contributed by atoms with E-state index in [1.807, 2.05) is 0 Å². The second-order valence-corrected chi connectivity index (χ2v) is 4.16. The van der Waals surface area contributed by atoms with E-state index in [2.05, 4.69) is 0 Å². The van der Waals surface area contributed by atoms with Crippen LogP contribution in [-0.4, -0.2) is 29.3 Å². The van der Waals surface area contributed by atoms with Crippen LogP contribution in [0.5, 0.6) is 0 Å². The van der Waals surface area contributed by atoms with Crippen LogP contribution >= 0.6 is 11.6 Å². The molecule has 1 amide bonds. The molecule has 0 bridgehead atoms. The number of halogens is 2. The molecule has 0 radical (unpaired) electrons. The Hall–Kier alpha value is -1.95. The van der Waals surface area contributed by atoms with Crippen molar-refractivity contribution in [3.05, 3.63) is 28.5 Å². The maximum Gasteiger partial charge on any atom is 0.339 e. The number of carboxylic acids is 1. The van der Waals surface area contributed by atoms with Gasteiger partial charge in [0.05, 0.1) is 23.7 Å². The number of Topliss-reactive ketones (excluding diaryl/α,β-unsaturated/α-hetero) is 1. The number of ketones is 1.